The van der Waals surface area contributed by atoms with Crippen molar-refractivity contribution >= 4 is 40.0 Å². The molecule has 86 valence electrons. The molecule has 2 aromatic rings. The van der Waals surface area contributed by atoms with Crippen LogP contribution in [0, 0.1) is 10.5 Å². The summed E-state index contributed by atoms with van der Waals surface area (Å²) in [6.45, 7) is 1.90. The Balaban J connectivity index is 2.37. The number of halogens is 2. The highest BCUT2D eigenvalue weighted by atomic mass is 127. The molecule has 0 aromatic heterocycles. The van der Waals surface area contributed by atoms with Crippen molar-refractivity contribution in [1.82, 2.24) is 0 Å². The molecule has 0 aliphatic rings. The van der Waals surface area contributed by atoms with Crippen molar-refractivity contribution in [3.63, 3.8) is 0 Å². The maximum absolute atomic E-state index is 12.2. The second kappa shape index (κ2) is 5.19. The van der Waals surface area contributed by atoms with Crippen molar-refractivity contribution in [2.45, 2.75) is 6.92 Å². The van der Waals surface area contributed by atoms with Gasteiger partial charge >= 0.3 is 0 Å². The fourth-order valence-corrected chi connectivity index (χ4v) is 2.03. The van der Waals surface area contributed by atoms with E-state index in [0.717, 1.165) is 9.13 Å². The summed E-state index contributed by atoms with van der Waals surface area (Å²) in [4.78, 5) is 12.2. The summed E-state index contributed by atoms with van der Waals surface area (Å²) < 4.78 is 1.12. The van der Waals surface area contributed by atoms with Gasteiger partial charge in [-0.2, -0.15) is 0 Å². The lowest BCUT2D eigenvalue weighted by Crippen LogP contribution is -2.01. The second-order valence-corrected chi connectivity index (χ2v) is 5.45. The fourth-order valence-electron chi connectivity index (χ4n) is 1.55. The minimum Gasteiger partial charge on any atom is -0.289 e. The Kier molecular flexibility index (Phi) is 3.84. The minimum atomic E-state index is 0.0289. The Bertz CT molecular complexity index is 561. The Morgan fingerprint density at radius 1 is 1.06 bits per heavy atom. The van der Waals surface area contributed by atoms with E-state index in [2.05, 4.69) is 22.6 Å². The molecule has 3 heteroatoms. The van der Waals surface area contributed by atoms with Crippen LogP contribution in [0.4, 0.5) is 0 Å². The van der Waals surface area contributed by atoms with E-state index in [-0.39, 0.29) is 5.78 Å². The molecular formula is C14H10ClIO. The quantitative estimate of drug-likeness (QED) is 0.572. The molecule has 17 heavy (non-hydrogen) atoms. The van der Waals surface area contributed by atoms with E-state index < -0.39 is 0 Å². The maximum atomic E-state index is 12.2. The van der Waals surface area contributed by atoms with Crippen molar-refractivity contribution in [2.24, 2.45) is 0 Å². The molecule has 2 aromatic carbocycles. The normalized spacial score (nSPS) is 10.3. The highest BCUT2D eigenvalue weighted by Gasteiger charge is 2.09. The van der Waals surface area contributed by atoms with E-state index in [1.54, 1.807) is 12.1 Å². The maximum Gasteiger partial charge on any atom is 0.193 e. The van der Waals surface area contributed by atoms with Crippen LogP contribution in [0.1, 0.15) is 21.5 Å². The van der Waals surface area contributed by atoms with E-state index in [1.165, 1.54) is 0 Å². The lowest BCUT2D eigenvalue weighted by atomic mass is 10.0. The molecule has 0 saturated heterocycles. The van der Waals surface area contributed by atoms with Crippen molar-refractivity contribution in [3.05, 3.63) is 67.7 Å². The monoisotopic (exact) mass is 356 g/mol. The first-order valence-electron chi connectivity index (χ1n) is 5.14. The molecule has 0 aliphatic carbocycles. The van der Waals surface area contributed by atoms with Crippen LogP contribution < -0.4 is 0 Å². The number of hydrogen-bond donors (Lipinski definition) is 0. The zero-order valence-corrected chi connectivity index (χ0v) is 12.1. The number of rotatable bonds is 2. The van der Waals surface area contributed by atoms with Crippen LogP contribution in [0.2, 0.25) is 5.02 Å². The van der Waals surface area contributed by atoms with Gasteiger partial charge in [0, 0.05) is 19.7 Å². The smallest absolute Gasteiger partial charge is 0.193 e. The second-order valence-electron chi connectivity index (χ2n) is 3.80. The highest BCUT2D eigenvalue weighted by Crippen LogP contribution is 2.19. The molecule has 2 rings (SSSR count). The van der Waals surface area contributed by atoms with E-state index in [0.29, 0.717) is 16.1 Å². The van der Waals surface area contributed by atoms with Crippen molar-refractivity contribution in [1.29, 1.82) is 0 Å². The van der Waals surface area contributed by atoms with Crippen LogP contribution in [0.5, 0.6) is 0 Å². The number of carbonyl (C=O) groups excluding carboxylic acids is 1. The zero-order chi connectivity index (χ0) is 12.4. The molecule has 0 aliphatic heterocycles. The predicted molar refractivity (Wildman–Crippen MR) is 78.8 cm³/mol. The van der Waals surface area contributed by atoms with Gasteiger partial charge in [0.05, 0.1) is 0 Å². The highest BCUT2D eigenvalue weighted by molar-refractivity contribution is 14.1. The van der Waals surface area contributed by atoms with Gasteiger partial charge in [-0.15, -0.1) is 0 Å². The van der Waals surface area contributed by atoms with Gasteiger partial charge in [-0.25, -0.2) is 0 Å². The molecule has 0 fully saturated rings. The molecule has 1 nitrogen and oxygen atoms in total. The summed E-state index contributed by atoms with van der Waals surface area (Å²) in [5.41, 5.74) is 2.29. The molecule has 0 atom stereocenters. The molecule has 0 spiro atoms. The number of benzene rings is 2. The van der Waals surface area contributed by atoms with Gasteiger partial charge in [-0.05, 0) is 77.5 Å². The average molecular weight is 357 g/mol. The van der Waals surface area contributed by atoms with Gasteiger partial charge < -0.3 is 0 Å². The van der Waals surface area contributed by atoms with Crippen molar-refractivity contribution in [2.75, 3.05) is 0 Å². The van der Waals surface area contributed by atoms with Crippen LogP contribution in [-0.2, 0) is 0 Å². The van der Waals surface area contributed by atoms with Crippen LogP contribution in [0.25, 0.3) is 0 Å². The van der Waals surface area contributed by atoms with Crippen molar-refractivity contribution in [3.8, 4) is 0 Å². The van der Waals surface area contributed by atoms with E-state index >= 15 is 0 Å². The summed E-state index contributed by atoms with van der Waals surface area (Å²) in [6.07, 6.45) is 0. The minimum absolute atomic E-state index is 0.0289. The lowest BCUT2D eigenvalue weighted by molar-refractivity contribution is 0.103. The average Bonchev–Trinajstić information content (AvgIpc) is 2.33. The van der Waals surface area contributed by atoms with Gasteiger partial charge in [-0.1, -0.05) is 11.6 Å². The SMILES string of the molecule is Cc1cc(C(=O)c2ccc(I)cc2)ccc1Cl. The topological polar surface area (TPSA) is 17.1 Å². The van der Waals surface area contributed by atoms with Gasteiger partial charge in [0.25, 0.3) is 0 Å². The zero-order valence-electron chi connectivity index (χ0n) is 9.21. The van der Waals surface area contributed by atoms with Gasteiger partial charge in [0.1, 0.15) is 0 Å². The molecule has 0 bridgehead atoms. The lowest BCUT2D eigenvalue weighted by Gasteiger charge is -2.04. The Morgan fingerprint density at radius 2 is 1.65 bits per heavy atom. The molecular weight excluding hydrogens is 347 g/mol. The van der Waals surface area contributed by atoms with Crippen LogP contribution in [-0.4, -0.2) is 5.78 Å². The Hall–Kier alpha value is -0.870. The van der Waals surface area contributed by atoms with E-state index in [9.17, 15) is 4.79 Å². The molecule has 0 saturated carbocycles. The number of carbonyl (C=O) groups is 1. The van der Waals surface area contributed by atoms with Gasteiger partial charge in [0.15, 0.2) is 5.78 Å². The third-order valence-corrected chi connectivity index (χ3v) is 3.67. The molecule has 0 unspecified atom stereocenters. The standard InChI is InChI=1S/C14H10ClIO/c1-9-8-11(4-7-13(9)15)14(17)10-2-5-12(16)6-3-10/h2-8H,1H3. The van der Waals surface area contributed by atoms with Crippen molar-refractivity contribution < 1.29 is 4.79 Å². The predicted octanol–water partition coefficient (Wildman–Crippen LogP) is 4.48. The number of ketones is 1. The Labute approximate surface area is 119 Å². The van der Waals surface area contributed by atoms with E-state index in [1.807, 2.05) is 37.3 Å². The first kappa shape index (κ1) is 12.6. The van der Waals surface area contributed by atoms with Crippen LogP contribution >= 0.6 is 34.2 Å². The summed E-state index contributed by atoms with van der Waals surface area (Å²) in [6, 6.07) is 12.9. The number of hydrogen-bond acceptors (Lipinski definition) is 1. The van der Waals surface area contributed by atoms with Crippen LogP contribution in [0.3, 0.4) is 0 Å². The summed E-state index contributed by atoms with van der Waals surface area (Å²) in [7, 11) is 0. The third-order valence-electron chi connectivity index (χ3n) is 2.53. The summed E-state index contributed by atoms with van der Waals surface area (Å²) in [5, 5.41) is 0.684. The van der Waals surface area contributed by atoms with E-state index in [4.69, 9.17) is 11.6 Å². The largest absolute Gasteiger partial charge is 0.289 e. The summed E-state index contributed by atoms with van der Waals surface area (Å²) in [5.74, 6) is 0.0289. The first-order chi connectivity index (χ1) is 8.08. The van der Waals surface area contributed by atoms with Gasteiger partial charge in [0.2, 0.25) is 0 Å². The molecule has 0 radical (unpaired) electrons. The Morgan fingerprint density at radius 3 is 2.24 bits per heavy atom. The number of aryl methyl sites for hydroxylation is 1. The van der Waals surface area contributed by atoms with Crippen LogP contribution in [0.15, 0.2) is 42.5 Å². The fraction of sp³-hybridized carbons (Fsp3) is 0.0714. The molecule has 0 N–H and O–H groups in total. The first-order valence-corrected chi connectivity index (χ1v) is 6.60. The summed E-state index contributed by atoms with van der Waals surface area (Å²) >= 11 is 8.16. The molecule has 0 heterocycles. The third kappa shape index (κ3) is 2.87. The van der Waals surface area contributed by atoms with Gasteiger partial charge in [-0.3, -0.25) is 4.79 Å². The molecule has 0 amide bonds.